The minimum Gasteiger partial charge on any atom is -0.352 e. The van der Waals surface area contributed by atoms with Gasteiger partial charge < -0.3 is 5.32 Å². The maximum Gasteiger partial charge on any atom is 0.252 e. The molecule has 172 valence electrons. The number of carbonyl (C=O) groups is 1. The summed E-state index contributed by atoms with van der Waals surface area (Å²) < 4.78 is 3.87. The largest absolute Gasteiger partial charge is 0.352 e. The molecule has 3 heterocycles. The summed E-state index contributed by atoms with van der Waals surface area (Å²) in [6, 6.07) is 12.2. The van der Waals surface area contributed by atoms with Crippen molar-refractivity contribution in [2.24, 2.45) is 5.92 Å². The van der Waals surface area contributed by atoms with Gasteiger partial charge in [0.05, 0.1) is 28.0 Å². The summed E-state index contributed by atoms with van der Waals surface area (Å²) in [7, 11) is 0. The number of hydrogen-bond acceptors (Lipinski definition) is 4. The molecule has 1 atom stereocenters. The zero-order chi connectivity index (χ0) is 23.7. The van der Waals surface area contributed by atoms with Crippen molar-refractivity contribution in [2.45, 2.75) is 54.6 Å². The quantitative estimate of drug-likeness (QED) is 0.451. The predicted octanol–water partition coefficient (Wildman–Crippen LogP) is 4.61. The smallest absolute Gasteiger partial charge is 0.252 e. The van der Waals surface area contributed by atoms with Crippen LogP contribution in [0, 0.1) is 33.6 Å². The third-order valence-electron chi connectivity index (χ3n) is 5.97. The van der Waals surface area contributed by atoms with Gasteiger partial charge in [0.25, 0.3) is 5.91 Å². The molecule has 7 heteroatoms. The second-order valence-electron chi connectivity index (χ2n) is 8.95. The SMILES string of the molecule is CCn1nc(C)c2c(C(=O)NCC(C)Cn3nc(C)cc3C)cc(-c3ccc(C)cc3)nc21. The van der Waals surface area contributed by atoms with Crippen LogP contribution in [0.4, 0.5) is 0 Å². The first-order valence-corrected chi connectivity index (χ1v) is 11.5. The molecule has 0 aliphatic carbocycles. The Bertz CT molecular complexity index is 1300. The van der Waals surface area contributed by atoms with Gasteiger partial charge in [-0.1, -0.05) is 36.8 Å². The van der Waals surface area contributed by atoms with Gasteiger partial charge >= 0.3 is 0 Å². The Labute approximate surface area is 194 Å². The second kappa shape index (κ2) is 9.17. The number of benzene rings is 1. The van der Waals surface area contributed by atoms with E-state index in [1.807, 2.05) is 48.3 Å². The van der Waals surface area contributed by atoms with Gasteiger partial charge in [-0.3, -0.25) is 9.48 Å². The van der Waals surface area contributed by atoms with Crippen LogP contribution in [-0.2, 0) is 13.1 Å². The maximum absolute atomic E-state index is 13.4. The first-order chi connectivity index (χ1) is 15.8. The van der Waals surface area contributed by atoms with E-state index in [9.17, 15) is 4.79 Å². The van der Waals surface area contributed by atoms with Gasteiger partial charge in [-0.25, -0.2) is 9.67 Å². The van der Waals surface area contributed by atoms with Gasteiger partial charge in [-0.15, -0.1) is 0 Å². The van der Waals surface area contributed by atoms with Crippen LogP contribution in [0.5, 0.6) is 0 Å². The molecule has 0 saturated heterocycles. The normalized spacial score (nSPS) is 12.3. The lowest BCUT2D eigenvalue weighted by Gasteiger charge is -2.15. The van der Waals surface area contributed by atoms with Crippen LogP contribution in [-0.4, -0.2) is 37.0 Å². The average molecular weight is 445 g/mol. The molecule has 1 aromatic carbocycles. The lowest BCUT2D eigenvalue weighted by atomic mass is 10.0. The molecule has 1 N–H and O–H groups in total. The topological polar surface area (TPSA) is 77.6 Å². The summed E-state index contributed by atoms with van der Waals surface area (Å²) >= 11 is 0. The molecular weight excluding hydrogens is 412 g/mol. The van der Waals surface area contributed by atoms with Crippen LogP contribution in [0.2, 0.25) is 0 Å². The number of hydrogen-bond donors (Lipinski definition) is 1. The molecular formula is C26H32N6O. The van der Waals surface area contributed by atoms with Gasteiger partial charge in [0.2, 0.25) is 0 Å². The minimum absolute atomic E-state index is 0.102. The van der Waals surface area contributed by atoms with E-state index in [1.165, 1.54) is 5.56 Å². The third-order valence-corrected chi connectivity index (χ3v) is 5.97. The highest BCUT2D eigenvalue weighted by molar-refractivity contribution is 6.07. The number of aryl methyl sites for hydroxylation is 5. The lowest BCUT2D eigenvalue weighted by molar-refractivity contribution is 0.0948. The molecule has 0 fully saturated rings. The standard InChI is InChI=1S/C26H32N6O/c1-7-31-25-24(20(6)30-31)22(13-23(28-25)21-10-8-16(2)9-11-21)26(33)27-14-17(3)15-32-19(5)12-18(4)29-32/h8-13,17H,7,14-15H2,1-6H3,(H,27,33). The minimum atomic E-state index is -0.102. The number of pyridine rings is 1. The van der Waals surface area contributed by atoms with Crippen LogP contribution < -0.4 is 5.32 Å². The van der Waals surface area contributed by atoms with Gasteiger partial charge in [-0.05, 0) is 52.7 Å². The van der Waals surface area contributed by atoms with Crippen molar-refractivity contribution in [1.29, 1.82) is 0 Å². The zero-order valence-electron chi connectivity index (χ0n) is 20.3. The fraction of sp³-hybridized carbons (Fsp3) is 0.385. The number of aromatic nitrogens is 5. The molecule has 3 aromatic heterocycles. The fourth-order valence-corrected chi connectivity index (χ4v) is 4.21. The summed E-state index contributed by atoms with van der Waals surface area (Å²) in [6.45, 7) is 14.2. The molecule has 1 amide bonds. The third kappa shape index (κ3) is 4.67. The first kappa shape index (κ1) is 22.7. The van der Waals surface area contributed by atoms with Crippen molar-refractivity contribution >= 4 is 16.9 Å². The molecule has 4 aromatic rings. The molecule has 0 radical (unpaired) electrons. The summed E-state index contributed by atoms with van der Waals surface area (Å²) in [4.78, 5) is 18.3. The first-order valence-electron chi connectivity index (χ1n) is 11.5. The van der Waals surface area contributed by atoms with Crippen molar-refractivity contribution < 1.29 is 4.79 Å². The van der Waals surface area contributed by atoms with Crippen molar-refractivity contribution in [3.63, 3.8) is 0 Å². The molecule has 33 heavy (non-hydrogen) atoms. The number of carbonyl (C=O) groups excluding carboxylic acids is 1. The van der Waals surface area contributed by atoms with Crippen molar-refractivity contribution in [3.8, 4) is 11.3 Å². The van der Waals surface area contributed by atoms with Crippen molar-refractivity contribution in [2.75, 3.05) is 6.54 Å². The number of rotatable bonds is 7. The predicted molar refractivity (Wildman–Crippen MR) is 131 cm³/mol. The van der Waals surface area contributed by atoms with Gasteiger partial charge in [0.15, 0.2) is 5.65 Å². The summed E-state index contributed by atoms with van der Waals surface area (Å²) in [6.07, 6.45) is 0. The van der Waals surface area contributed by atoms with Gasteiger partial charge in [0.1, 0.15) is 0 Å². The van der Waals surface area contributed by atoms with Crippen LogP contribution in [0.1, 0.15) is 46.9 Å². The molecule has 4 rings (SSSR count). The number of nitrogens with one attached hydrogen (secondary N) is 1. The van der Waals surface area contributed by atoms with Crippen molar-refractivity contribution in [1.82, 2.24) is 29.9 Å². The molecule has 7 nitrogen and oxygen atoms in total. The lowest BCUT2D eigenvalue weighted by Crippen LogP contribution is -2.30. The van der Waals surface area contributed by atoms with Crippen LogP contribution in [0.25, 0.3) is 22.3 Å². The number of amides is 1. The second-order valence-corrected chi connectivity index (χ2v) is 8.95. The maximum atomic E-state index is 13.4. The average Bonchev–Trinajstić information content (AvgIpc) is 3.29. The van der Waals surface area contributed by atoms with E-state index in [4.69, 9.17) is 4.98 Å². The molecule has 0 aliphatic heterocycles. The highest BCUT2D eigenvalue weighted by atomic mass is 16.1. The van der Waals surface area contributed by atoms with Crippen LogP contribution in [0.15, 0.2) is 36.4 Å². The summed E-state index contributed by atoms with van der Waals surface area (Å²) in [5, 5.41) is 13.1. The zero-order valence-corrected chi connectivity index (χ0v) is 20.3. The molecule has 1 unspecified atom stereocenters. The van der Waals surface area contributed by atoms with Crippen LogP contribution >= 0.6 is 0 Å². The van der Waals surface area contributed by atoms with E-state index in [2.05, 4.69) is 54.5 Å². The Morgan fingerprint density at radius 2 is 1.76 bits per heavy atom. The number of fused-ring (bicyclic) bond motifs is 1. The van der Waals surface area contributed by atoms with E-state index in [-0.39, 0.29) is 11.8 Å². The van der Waals surface area contributed by atoms with E-state index in [0.717, 1.165) is 45.9 Å². The number of nitrogens with zero attached hydrogens (tertiary/aromatic N) is 5. The highest BCUT2D eigenvalue weighted by Gasteiger charge is 2.20. The highest BCUT2D eigenvalue weighted by Crippen LogP contribution is 2.27. The summed E-state index contributed by atoms with van der Waals surface area (Å²) in [5.74, 6) is 0.134. The van der Waals surface area contributed by atoms with Gasteiger partial charge in [0, 0.05) is 30.9 Å². The Kier molecular flexibility index (Phi) is 6.31. The van der Waals surface area contributed by atoms with Gasteiger partial charge in [-0.2, -0.15) is 10.2 Å². The van der Waals surface area contributed by atoms with E-state index in [0.29, 0.717) is 18.7 Å². The van der Waals surface area contributed by atoms with Crippen LogP contribution in [0.3, 0.4) is 0 Å². The summed E-state index contributed by atoms with van der Waals surface area (Å²) in [5.41, 5.74) is 7.26. The molecule has 0 bridgehead atoms. The fourth-order valence-electron chi connectivity index (χ4n) is 4.21. The van der Waals surface area contributed by atoms with Crippen molar-refractivity contribution in [3.05, 3.63) is 64.6 Å². The Hall–Kier alpha value is -3.48. The molecule has 0 aliphatic rings. The Morgan fingerprint density at radius 3 is 2.39 bits per heavy atom. The van der Waals surface area contributed by atoms with E-state index >= 15 is 0 Å². The molecule has 0 saturated carbocycles. The molecule has 0 spiro atoms. The van der Waals surface area contributed by atoms with E-state index < -0.39 is 0 Å². The Balaban J connectivity index is 1.63. The monoisotopic (exact) mass is 444 g/mol. The van der Waals surface area contributed by atoms with E-state index in [1.54, 1.807) is 0 Å². The Morgan fingerprint density at radius 1 is 1.03 bits per heavy atom.